The number of rotatable bonds is 5. The summed E-state index contributed by atoms with van der Waals surface area (Å²) < 4.78 is 12.8. The molecule has 0 radical (unpaired) electrons. The Kier molecular flexibility index (Phi) is 4.35. The van der Waals surface area contributed by atoms with Crippen LogP contribution in [0.2, 0.25) is 0 Å². The number of benzene rings is 2. The van der Waals surface area contributed by atoms with E-state index in [2.05, 4.69) is 21.5 Å². The maximum atomic E-state index is 5.57. The second kappa shape index (κ2) is 6.94. The molecular formula is C19H20N4O2. The van der Waals surface area contributed by atoms with Crippen LogP contribution in [0.25, 0.3) is 5.69 Å². The molecule has 2 aromatic carbocycles. The Hall–Kier alpha value is -2.86. The Morgan fingerprint density at radius 1 is 1.20 bits per heavy atom. The summed E-state index contributed by atoms with van der Waals surface area (Å²) in [5, 5.41) is 7.70. The number of aromatic nitrogens is 3. The molecule has 1 aliphatic rings. The molecule has 3 aromatic rings. The first-order chi connectivity index (χ1) is 12.3. The molecule has 2 heterocycles. The molecule has 1 N–H and O–H groups in total. The number of nitrogens with zero attached hydrogens (tertiary/aromatic N) is 3. The number of anilines is 2. The summed E-state index contributed by atoms with van der Waals surface area (Å²) in [6.45, 7) is 1.57. The standard InChI is InChI=1S/C19H20N4O2/c1-24-18-11-15(7-8-17(18)14-9-10-25-12-14)21-19-20-13-23(22-19)16-5-3-2-4-6-16/h2-8,11,13-14H,9-10,12H2,1H3,(H,21,22)/t14-/m0/s1. The second-order valence-corrected chi connectivity index (χ2v) is 5.99. The van der Waals surface area contributed by atoms with E-state index in [1.165, 1.54) is 5.56 Å². The van der Waals surface area contributed by atoms with Gasteiger partial charge in [0.15, 0.2) is 0 Å². The van der Waals surface area contributed by atoms with Gasteiger partial charge in [-0.15, -0.1) is 5.10 Å². The SMILES string of the molecule is COc1cc(Nc2ncn(-c3ccccc3)n2)ccc1[C@H]1CCOC1. The van der Waals surface area contributed by atoms with Crippen LogP contribution in [0.15, 0.2) is 54.9 Å². The van der Waals surface area contributed by atoms with Crippen LogP contribution in [0.3, 0.4) is 0 Å². The van der Waals surface area contributed by atoms with Crippen molar-refractivity contribution in [3.8, 4) is 11.4 Å². The van der Waals surface area contributed by atoms with E-state index in [0.29, 0.717) is 11.9 Å². The molecule has 0 saturated carbocycles. The fourth-order valence-corrected chi connectivity index (χ4v) is 3.06. The van der Waals surface area contributed by atoms with E-state index in [4.69, 9.17) is 9.47 Å². The van der Waals surface area contributed by atoms with E-state index in [0.717, 1.165) is 36.8 Å². The lowest BCUT2D eigenvalue weighted by molar-refractivity contribution is 0.193. The lowest BCUT2D eigenvalue weighted by Crippen LogP contribution is -2.02. The topological polar surface area (TPSA) is 61.2 Å². The highest BCUT2D eigenvalue weighted by Gasteiger charge is 2.21. The molecule has 128 valence electrons. The Bertz CT molecular complexity index is 842. The largest absolute Gasteiger partial charge is 0.496 e. The normalized spacial score (nSPS) is 16.8. The highest BCUT2D eigenvalue weighted by molar-refractivity contribution is 5.58. The van der Waals surface area contributed by atoms with E-state index in [1.807, 2.05) is 42.5 Å². The average Bonchev–Trinajstić information content (AvgIpc) is 3.34. The lowest BCUT2D eigenvalue weighted by Gasteiger charge is -2.14. The van der Waals surface area contributed by atoms with Crippen molar-refractivity contribution in [1.82, 2.24) is 14.8 Å². The fraction of sp³-hybridized carbons (Fsp3) is 0.263. The van der Waals surface area contributed by atoms with E-state index >= 15 is 0 Å². The first-order valence-corrected chi connectivity index (χ1v) is 8.33. The van der Waals surface area contributed by atoms with Crippen LogP contribution in [0.4, 0.5) is 11.6 Å². The molecule has 0 amide bonds. The van der Waals surface area contributed by atoms with Crippen LogP contribution >= 0.6 is 0 Å². The molecule has 1 fully saturated rings. The summed E-state index contributed by atoms with van der Waals surface area (Å²) in [5.74, 6) is 1.81. The molecule has 25 heavy (non-hydrogen) atoms. The van der Waals surface area contributed by atoms with Crippen LogP contribution in [-0.4, -0.2) is 35.1 Å². The monoisotopic (exact) mass is 336 g/mol. The zero-order valence-corrected chi connectivity index (χ0v) is 14.1. The third kappa shape index (κ3) is 3.34. The van der Waals surface area contributed by atoms with Crippen molar-refractivity contribution >= 4 is 11.6 Å². The van der Waals surface area contributed by atoms with Crippen molar-refractivity contribution in [1.29, 1.82) is 0 Å². The first-order valence-electron chi connectivity index (χ1n) is 8.33. The summed E-state index contributed by atoms with van der Waals surface area (Å²) in [6, 6.07) is 16.0. The molecule has 1 saturated heterocycles. The van der Waals surface area contributed by atoms with Crippen molar-refractivity contribution < 1.29 is 9.47 Å². The van der Waals surface area contributed by atoms with E-state index in [9.17, 15) is 0 Å². The van der Waals surface area contributed by atoms with Gasteiger partial charge in [-0.3, -0.25) is 0 Å². The predicted molar refractivity (Wildman–Crippen MR) is 95.8 cm³/mol. The third-order valence-corrected chi connectivity index (χ3v) is 4.37. The number of para-hydroxylation sites is 1. The maximum absolute atomic E-state index is 5.57. The Balaban J connectivity index is 1.54. The zero-order chi connectivity index (χ0) is 17.1. The van der Waals surface area contributed by atoms with E-state index in [-0.39, 0.29) is 0 Å². The number of hydrogen-bond donors (Lipinski definition) is 1. The molecule has 1 aliphatic heterocycles. The van der Waals surface area contributed by atoms with E-state index in [1.54, 1.807) is 18.1 Å². The number of nitrogens with one attached hydrogen (secondary N) is 1. The maximum Gasteiger partial charge on any atom is 0.246 e. The van der Waals surface area contributed by atoms with Gasteiger partial charge in [0.1, 0.15) is 12.1 Å². The predicted octanol–water partition coefficient (Wildman–Crippen LogP) is 3.52. The molecule has 0 bridgehead atoms. The molecule has 4 rings (SSSR count). The van der Waals surface area contributed by atoms with Gasteiger partial charge in [-0.05, 0) is 30.2 Å². The van der Waals surface area contributed by atoms with Gasteiger partial charge in [0.25, 0.3) is 0 Å². The number of methoxy groups -OCH3 is 1. The van der Waals surface area contributed by atoms with Gasteiger partial charge < -0.3 is 14.8 Å². The van der Waals surface area contributed by atoms with Gasteiger partial charge in [-0.2, -0.15) is 4.98 Å². The van der Waals surface area contributed by atoms with Gasteiger partial charge >= 0.3 is 0 Å². The molecule has 6 nitrogen and oxygen atoms in total. The molecule has 0 unspecified atom stereocenters. The Labute approximate surface area is 146 Å². The minimum atomic E-state index is 0.402. The summed E-state index contributed by atoms with van der Waals surface area (Å²) in [5.41, 5.74) is 3.05. The minimum Gasteiger partial charge on any atom is -0.496 e. The quantitative estimate of drug-likeness (QED) is 0.772. The van der Waals surface area contributed by atoms with Crippen molar-refractivity contribution in [3.63, 3.8) is 0 Å². The van der Waals surface area contributed by atoms with E-state index < -0.39 is 0 Å². The average molecular weight is 336 g/mol. The fourth-order valence-electron chi connectivity index (χ4n) is 3.06. The molecule has 1 atom stereocenters. The highest BCUT2D eigenvalue weighted by atomic mass is 16.5. The van der Waals surface area contributed by atoms with Gasteiger partial charge in [0.2, 0.25) is 5.95 Å². The zero-order valence-electron chi connectivity index (χ0n) is 14.1. The van der Waals surface area contributed by atoms with Crippen LogP contribution in [-0.2, 0) is 4.74 Å². The van der Waals surface area contributed by atoms with Gasteiger partial charge in [-0.1, -0.05) is 24.3 Å². The molecular weight excluding hydrogens is 316 g/mol. The second-order valence-electron chi connectivity index (χ2n) is 5.99. The lowest BCUT2D eigenvalue weighted by atomic mass is 9.97. The molecule has 0 aliphatic carbocycles. The minimum absolute atomic E-state index is 0.402. The summed E-state index contributed by atoms with van der Waals surface area (Å²) in [4.78, 5) is 4.32. The summed E-state index contributed by atoms with van der Waals surface area (Å²) in [7, 11) is 1.70. The highest BCUT2D eigenvalue weighted by Crippen LogP contribution is 2.34. The first kappa shape index (κ1) is 15.7. The summed E-state index contributed by atoms with van der Waals surface area (Å²) in [6.07, 6.45) is 2.73. The number of hydrogen-bond acceptors (Lipinski definition) is 5. The van der Waals surface area contributed by atoms with Crippen LogP contribution in [0.5, 0.6) is 5.75 Å². The van der Waals surface area contributed by atoms with Crippen LogP contribution in [0, 0.1) is 0 Å². The molecule has 0 spiro atoms. The Morgan fingerprint density at radius 2 is 2.08 bits per heavy atom. The van der Waals surface area contributed by atoms with Crippen molar-refractivity contribution in [2.24, 2.45) is 0 Å². The van der Waals surface area contributed by atoms with Crippen LogP contribution in [0.1, 0.15) is 17.9 Å². The van der Waals surface area contributed by atoms with Crippen LogP contribution < -0.4 is 10.1 Å². The van der Waals surface area contributed by atoms with Crippen molar-refractivity contribution in [3.05, 3.63) is 60.4 Å². The Morgan fingerprint density at radius 3 is 2.84 bits per heavy atom. The number of ether oxygens (including phenoxy) is 2. The van der Waals surface area contributed by atoms with Gasteiger partial charge in [0, 0.05) is 24.3 Å². The van der Waals surface area contributed by atoms with Gasteiger partial charge in [0.05, 0.1) is 19.4 Å². The summed E-state index contributed by atoms with van der Waals surface area (Å²) >= 11 is 0. The van der Waals surface area contributed by atoms with Crippen molar-refractivity contribution in [2.45, 2.75) is 12.3 Å². The molecule has 6 heteroatoms. The molecule has 1 aromatic heterocycles. The van der Waals surface area contributed by atoms with Gasteiger partial charge in [-0.25, -0.2) is 4.68 Å². The third-order valence-electron chi connectivity index (χ3n) is 4.37. The van der Waals surface area contributed by atoms with Crippen molar-refractivity contribution in [2.75, 3.05) is 25.6 Å². The smallest absolute Gasteiger partial charge is 0.246 e.